The largest absolute Gasteiger partial charge is 0.494 e. The monoisotopic (exact) mass is 393 g/mol. The third kappa shape index (κ3) is 3.29. The first kappa shape index (κ1) is 19.2. The number of hydrogen-bond donors (Lipinski definition) is 1. The van der Waals surface area contributed by atoms with Gasteiger partial charge in [-0.15, -0.1) is 0 Å². The Bertz CT molecular complexity index is 1130. The van der Waals surface area contributed by atoms with E-state index < -0.39 is 11.9 Å². The lowest BCUT2D eigenvalue weighted by molar-refractivity contribution is 0.0691. The number of carbonyl (C=O) groups is 1. The fraction of sp³-hybridized carbons (Fsp3) is 0.304. The van der Waals surface area contributed by atoms with Crippen molar-refractivity contribution in [2.45, 2.75) is 26.3 Å². The fourth-order valence-electron chi connectivity index (χ4n) is 3.81. The topological polar surface area (TPSA) is 80.0 Å². The molecule has 6 heteroatoms. The van der Waals surface area contributed by atoms with Crippen LogP contribution < -0.4 is 10.2 Å². The predicted octanol–water partition coefficient (Wildman–Crippen LogP) is 3.43. The van der Waals surface area contributed by atoms with Crippen LogP contribution in [-0.2, 0) is 0 Å². The maximum Gasteiger partial charge on any atom is 0.290 e. The quantitative estimate of drug-likeness (QED) is 0.694. The minimum atomic E-state index is -0.629. The van der Waals surface area contributed by atoms with Gasteiger partial charge in [-0.2, -0.15) is 0 Å². The summed E-state index contributed by atoms with van der Waals surface area (Å²) in [6.45, 7) is 4.39. The number of rotatable bonds is 6. The zero-order valence-electron chi connectivity index (χ0n) is 16.5. The molecule has 1 amide bonds. The first-order chi connectivity index (χ1) is 14.0. The van der Waals surface area contributed by atoms with Crippen LogP contribution in [0.3, 0.4) is 0 Å². The van der Waals surface area contributed by atoms with E-state index in [1.54, 1.807) is 12.1 Å². The van der Waals surface area contributed by atoms with Gasteiger partial charge in [-0.25, -0.2) is 0 Å². The number of aliphatic hydroxyl groups excluding tert-OH is 1. The average molecular weight is 393 g/mol. The summed E-state index contributed by atoms with van der Waals surface area (Å²) in [5, 5.41) is 9.98. The number of hydrogen-bond acceptors (Lipinski definition) is 5. The standard InChI is InChI=1S/C23H23NO5/c1-3-11-28-16-6-4-5-15(13-16)20-19-21(26)17-12-14(2)7-8-18(17)29-22(19)23(27)24(20)9-10-25/h4-8,12-13,20,25H,3,9-11H2,1-2H3/t20-/m0/s1. The third-order valence-corrected chi connectivity index (χ3v) is 5.11. The Morgan fingerprint density at radius 3 is 2.76 bits per heavy atom. The summed E-state index contributed by atoms with van der Waals surface area (Å²) in [6, 6.07) is 12.1. The Hall–Kier alpha value is -3.12. The van der Waals surface area contributed by atoms with Crippen molar-refractivity contribution in [2.75, 3.05) is 19.8 Å². The lowest BCUT2D eigenvalue weighted by Gasteiger charge is -2.24. The molecule has 29 heavy (non-hydrogen) atoms. The van der Waals surface area contributed by atoms with Gasteiger partial charge in [-0.3, -0.25) is 9.59 Å². The van der Waals surface area contributed by atoms with E-state index >= 15 is 0 Å². The van der Waals surface area contributed by atoms with Crippen molar-refractivity contribution in [1.82, 2.24) is 4.90 Å². The molecule has 0 saturated heterocycles. The molecule has 0 bridgehead atoms. The van der Waals surface area contributed by atoms with E-state index in [1.165, 1.54) is 4.90 Å². The van der Waals surface area contributed by atoms with Crippen LogP contribution in [0.15, 0.2) is 51.7 Å². The van der Waals surface area contributed by atoms with Crippen LogP contribution in [0.4, 0.5) is 0 Å². The molecule has 1 N–H and O–H groups in total. The molecular formula is C23H23NO5. The molecule has 1 aromatic heterocycles. The highest BCUT2D eigenvalue weighted by Gasteiger charge is 2.42. The maximum absolute atomic E-state index is 13.4. The van der Waals surface area contributed by atoms with Gasteiger partial charge in [0.2, 0.25) is 5.76 Å². The van der Waals surface area contributed by atoms with Gasteiger partial charge in [-0.05, 0) is 43.2 Å². The predicted molar refractivity (Wildman–Crippen MR) is 109 cm³/mol. The number of aliphatic hydroxyl groups is 1. The summed E-state index contributed by atoms with van der Waals surface area (Å²) < 4.78 is 11.6. The van der Waals surface area contributed by atoms with Crippen molar-refractivity contribution in [3.63, 3.8) is 0 Å². The molecule has 150 valence electrons. The number of amides is 1. The summed E-state index contributed by atoms with van der Waals surface area (Å²) in [6.07, 6.45) is 0.876. The Morgan fingerprint density at radius 2 is 2.00 bits per heavy atom. The smallest absolute Gasteiger partial charge is 0.290 e. The molecule has 0 unspecified atom stereocenters. The summed E-state index contributed by atoms with van der Waals surface area (Å²) in [4.78, 5) is 27.9. The number of aryl methyl sites for hydroxylation is 1. The summed E-state index contributed by atoms with van der Waals surface area (Å²) in [5.74, 6) is 0.332. The number of carbonyl (C=O) groups excluding carboxylic acids is 1. The van der Waals surface area contributed by atoms with Crippen LogP contribution in [-0.4, -0.2) is 35.7 Å². The fourth-order valence-corrected chi connectivity index (χ4v) is 3.81. The number of fused-ring (bicyclic) bond motifs is 2. The molecule has 1 atom stereocenters. The SMILES string of the molecule is CCCOc1cccc([C@H]2c3c(oc4ccc(C)cc4c3=O)C(=O)N2CCO)c1. The molecule has 0 aliphatic carbocycles. The van der Waals surface area contributed by atoms with E-state index in [1.807, 2.05) is 44.2 Å². The van der Waals surface area contributed by atoms with E-state index in [0.29, 0.717) is 28.9 Å². The zero-order chi connectivity index (χ0) is 20.5. The molecular weight excluding hydrogens is 370 g/mol. The van der Waals surface area contributed by atoms with Crippen molar-refractivity contribution in [1.29, 1.82) is 0 Å². The van der Waals surface area contributed by atoms with E-state index in [4.69, 9.17) is 9.15 Å². The van der Waals surface area contributed by atoms with Crippen LogP contribution in [0.2, 0.25) is 0 Å². The Balaban J connectivity index is 1.92. The number of ether oxygens (including phenoxy) is 1. The Kier molecular flexibility index (Phi) is 5.11. The van der Waals surface area contributed by atoms with Crippen LogP contribution >= 0.6 is 0 Å². The van der Waals surface area contributed by atoms with Crippen molar-refractivity contribution < 1.29 is 19.1 Å². The highest BCUT2D eigenvalue weighted by molar-refractivity contribution is 5.99. The average Bonchev–Trinajstić information content (AvgIpc) is 3.00. The first-order valence-corrected chi connectivity index (χ1v) is 9.77. The third-order valence-electron chi connectivity index (χ3n) is 5.11. The van der Waals surface area contributed by atoms with Crippen molar-refractivity contribution in [3.8, 4) is 5.75 Å². The second-order valence-corrected chi connectivity index (χ2v) is 7.22. The number of β-amino-alcohol motifs (C(OH)–C–C–N with tert-alkyl or cyclic N) is 1. The number of benzene rings is 2. The lowest BCUT2D eigenvalue weighted by atomic mass is 9.98. The summed E-state index contributed by atoms with van der Waals surface area (Å²) in [5.41, 5.74) is 2.17. The molecule has 6 nitrogen and oxygen atoms in total. The lowest BCUT2D eigenvalue weighted by Crippen LogP contribution is -2.32. The Labute approximate surface area is 168 Å². The molecule has 1 aliphatic rings. The minimum absolute atomic E-state index is 0.0460. The first-order valence-electron chi connectivity index (χ1n) is 9.77. The highest BCUT2D eigenvalue weighted by atomic mass is 16.5. The molecule has 1 aliphatic heterocycles. The van der Waals surface area contributed by atoms with Gasteiger partial charge in [0.1, 0.15) is 11.3 Å². The molecule has 0 saturated carbocycles. The van der Waals surface area contributed by atoms with Crippen LogP contribution in [0.5, 0.6) is 5.75 Å². The van der Waals surface area contributed by atoms with Crippen molar-refractivity contribution in [3.05, 3.63) is 75.1 Å². The van der Waals surface area contributed by atoms with Gasteiger partial charge in [0, 0.05) is 6.54 Å². The number of nitrogens with zero attached hydrogens (tertiary/aromatic N) is 1. The highest BCUT2D eigenvalue weighted by Crippen LogP contribution is 2.38. The molecule has 2 heterocycles. The molecule has 3 aromatic rings. The molecule has 0 radical (unpaired) electrons. The summed E-state index contributed by atoms with van der Waals surface area (Å²) >= 11 is 0. The van der Waals surface area contributed by atoms with E-state index in [-0.39, 0.29) is 24.3 Å². The van der Waals surface area contributed by atoms with Gasteiger partial charge in [0.25, 0.3) is 5.91 Å². The van der Waals surface area contributed by atoms with Crippen LogP contribution in [0.25, 0.3) is 11.0 Å². The van der Waals surface area contributed by atoms with Crippen LogP contribution in [0.1, 0.15) is 46.6 Å². The zero-order valence-corrected chi connectivity index (χ0v) is 16.5. The van der Waals surface area contributed by atoms with Crippen molar-refractivity contribution in [2.24, 2.45) is 0 Å². The van der Waals surface area contributed by atoms with Crippen molar-refractivity contribution >= 4 is 16.9 Å². The van der Waals surface area contributed by atoms with Gasteiger partial charge in [-0.1, -0.05) is 30.7 Å². The molecule has 0 fully saturated rings. The van der Waals surface area contributed by atoms with E-state index in [9.17, 15) is 14.7 Å². The van der Waals surface area contributed by atoms with Crippen LogP contribution in [0, 0.1) is 6.92 Å². The minimum Gasteiger partial charge on any atom is -0.494 e. The van der Waals surface area contributed by atoms with Gasteiger partial charge in [0.15, 0.2) is 5.43 Å². The van der Waals surface area contributed by atoms with E-state index in [0.717, 1.165) is 17.5 Å². The summed E-state index contributed by atoms with van der Waals surface area (Å²) in [7, 11) is 0. The van der Waals surface area contributed by atoms with Gasteiger partial charge < -0.3 is 19.2 Å². The second kappa shape index (κ2) is 7.72. The second-order valence-electron chi connectivity index (χ2n) is 7.22. The maximum atomic E-state index is 13.4. The van der Waals surface area contributed by atoms with E-state index in [2.05, 4.69) is 0 Å². The van der Waals surface area contributed by atoms with Gasteiger partial charge in [0.05, 0.1) is 30.2 Å². The van der Waals surface area contributed by atoms with Gasteiger partial charge >= 0.3 is 0 Å². The molecule has 0 spiro atoms. The molecule has 4 rings (SSSR count). The Morgan fingerprint density at radius 1 is 1.17 bits per heavy atom. The molecule has 2 aromatic carbocycles. The normalized spacial score (nSPS) is 15.8.